The molecule has 94 valence electrons. The highest BCUT2D eigenvalue weighted by Gasteiger charge is 2.15. The zero-order valence-electron chi connectivity index (χ0n) is 9.13. The maximum atomic E-state index is 13.1. The van der Waals surface area contributed by atoms with Gasteiger partial charge in [0.15, 0.2) is 0 Å². The Morgan fingerprint density at radius 3 is 2.33 bits per heavy atom. The molecular weight excluding hydrogens is 387 g/mol. The third-order valence-corrected chi connectivity index (χ3v) is 4.09. The molecule has 1 nitrogen and oxygen atoms in total. The van der Waals surface area contributed by atoms with E-state index in [-0.39, 0.29) is 5.82 Å². The Bertz CT molecular complexity index is 538. The van der Waals surface area contributed by atoms with Crippen LogP contribution in [0.4, 0.5) is 4.39 Å². The fourth-order valence-corrected chi connectivity index (χ4v) is 3.01. The first-order valence-corrected chi connectivity index (χ1v) is 6.98. The summed E-state index contributed by atoms with van der Waals surface area (Å²) in [7, 11) is 0. The summed E-state index contributed by atoms with van der Waals surface area (Å²) in [5.74, 6) is -0.280. The quantitative estimate of drug-likeness (QED) is 0.727. The van der Waals surface area contributed by atoms with E-state index in [4.69, 9.17) is 28.9 Å². The average molecular weight is 396 g/mol. The van der Waals surface area contributed by atoms with Gasteiger partial charge in [-0.25, -0.2) is 4.39 Å². The van der Waals surface area contributed by atoms with Gasteiger partial charge < -0.3 is 5.73 Å². The van der Waals surface area contributed by atoms with Crippen LogP contribution in [-0.4, -0.2) is 0 Å². The Labute approximate surface area is 128 Å². The molecule has 18 heavy (non-hydrogen) atoms. The van der Waals surface area contributed by atoms with E-state index >= 15 is 0 Å². The molecule has 0 aromatic heterocycles. The summed E-state index contributed by atoms with van der Waals surface area (Å²) in [5, 5.41) is 1.07. The highest BCUT2D eigenvalue weighted by Crippen LogP contribution is 2.31. The second kappa shape index (κ2) is 5.74. The molecule has 0 saturated carbocycles. The van der Waals surface area contributed by atoms with Crippen LogP contribution in [-0.2, 0) is 0 Å². The Balaban J connectivity index is 2.44. The first-order valence-electron chi connectivity index (χ1n) is 5.14. The van der Waals surface area contributed by atoms with Gasteiger partial charge in [-0.3, -0.25) is 0 Å². The SMILES string of the molecule is NC(c1ccc(Cl)cc1Cl)c1ccc(F)cc1I. The van der Waals surface area contributed by atoms with Gasteiger partial charge >= 0.3 is 0 Å². The molecule has 1 unspecified atom stereocenters. The largest absolute Gasteiger partial charge is 0.320 e. The molecule has 0 fully saturated rings. The minimum absolute atomic E-state index is 0.280. The van der Waals surface area contributed by atoms with Crippen molar-refractivity contribution in [3.63, 3.8) is 0 Å². The van der Waals surface area contributed by atoms with Crippen molar-refractivity contribution in [2.45, 2.75) is 6.04 Å². The van der Waals surface area contributed by atoms with E-state index in [1.54, 1.807) is 24.3 Å². The van der Waals surface area contributed by atoms with E-state index in [1.165, 1.54) is 12.1 Å². The van der Waals surface area contributed by atoms with Crippen molar-refractivity contribution in [2.75, 3.05) is 0 Å². The number of hydrogen-bond acceptors (Lipinski definition) is 1. The highest BCUT2D eigenvalue weighted by molar-refractivity contribution is 14.1. The molecule has 5 heteroatoms. The van der Waals surface area contributed by atoms with Gasteiger partial charge in [-0.1, -0.05) is 35.3 Å². The summed E-state index contributed by atoms with van der Waals surface area (Å²) in [5.41, 5.74) is 7.77. The normalized spacial score (nSPS) is 12.5. The van der Waals surface area contributed by atoms with Gasteiger partial charge in [-0.2, -0.15) is 0 Å². The van der Waals surface area contributed by atoms with E-state index in [9.17, 15) is 4.39 Å². The molecule has 0 radical (unpaired) electrons. The van der Waals surface area contributed by atoms with Crippen LogP contribution < -0.4 is 5.73 Å². The van der Waals surface area contributed by atoms with E-state index in [0.29, 0.717) is 10.0 Å². The lowest BCUT2D eigenvalue weighted by atomic mass is 9.99. The topological polar surface area (TPSA) is 26.0 Å². The van der Waals surface area contributed by atoms with Gasteiger partial charge in [0.25, 0.3) is 0 Å². The smallest absolute Gasteiger partial charge is 0.124 e. The van der Waals surface area contributed by atoms with Gasteiger partial charge in [0.2, 0.25) is 0 Å². The monoisotopic (exact) mass is 395 g/mol. The van der Waals surface area contributed by atoms with E-state index in [0.717, 1.165) is 14.7 Å². The van der Waals surface area contributed by atoms with Crippen LogP contribution in [0.2, 0.25) is 10.0 Å². The summed E-state index contributed by atoms with van der Waals surface area (Å²) >= 11 is 14.0. The molecule has 0 aliphatic rings. The zero-order valence-corrected chi connectivity index (χ0v) is 12.8. The van der Waals surface area contributed by atoms with Crippen molar-refractivity contribution in [2.24, 2.45) is 5.73 Å². The molecule has 2 aromatic carbocycles. The van der Waals surface area contributed by atoms with Crippen molar-refractivity contribution in [3.05, 3.63) is 67.0 Å². The van der Waals surface area contributed by atoms with Crippen LogP contribution in [0.25, 0.3) is 0 Å². The molecule has 0 spiro atoms. The van der Waals surface area contributed by atoms with Crippen molar-refractivity contribution in [1.29, 1.82) is 0 Å². The van der Waals surface area contributed by atoms with Crippen LogP contribution >= 0.6 is 45.8 Å². The highest BCUT2D eigenvalue weighted by atomic mass is 127. The molecular formula is C13H9Cl2FIN. The van der Waals surface area contributed by atoms with Crippen molar-refractivity contribution < 1.29 is 4.39 Å². The van der Waals surface area contributed by atoms with Crippen LogP contribution in [0.1, 0.15) is 17.2 Å². The molecule has 2 N–H and O–H groups in total. The zero-order chi connectivity index (χ0) is 13.3. The molecule has 0 aliphatic carbocycles. The van der Waals surface area contributed by atoms with Crippen LogP contribution in [0, 0.1) is 9.39 Å². The summed E-state index contributed by atoms with van der Waals surface area (Å²) in [6.07, 6.45) is 0. The summed E-state index contributed by atoms with van der Waals surface area (Å²) in [4.78, 5) is 0. The second-order valence-corrected chi connectivity index (χ2v) is 5.82. The van der Waals surface area contributed by atoms with Crippen molar-refractivity contribution in [1.82, 2.24) is 0 Å². The lowest BCUT2D eigenvalue weighted by Crippen LogP contribution is -2.14. The predicted molar refractivity (Wildman–Crippen MR) is 81.6 cm³/mol. The number of rotatable bonds is 2. The van der Waals surface area contributed by atoms with Crippen LogP contribution in [0.15, 0.2) is 36.4 Å². The minimum Gasteiger partial charge on any atom is -0.320 e. The van der Waals surface area contributed by atoms with Gasteiger partial charge in [0, 0.05) is 13.6 Å². The number of hydrogen-bond donors (Lipinski definition) is 1. The van der Waals surface area contributed by atoms with Gasteiger partial charge in [-0.15, -0.1) is 0 Å². The lowest BCUT2D eigenvalue weighted by Gasteiger charge is -2.16. The Kier molecular flexibility index (Phi) is 4.48. The number of nitrogens with two attached hydrogens (primary N) is 1. The number of halogens is 4. The second-order valence-electron chi connectivity index (χ2n) is 3.81. The van der Waals surface area contributed by atoms with Gasteiger partial charge in [-0.05, 0) is 58.0 Å². The number of benzene rings is 2. The fraction of sp³-hybridized carbons (Fsp3) is 0.0769. The van der Waals surface area contributed by atoms with Gasteiger partial charge in [0.05, 0.1) is 6.04 Å². The molecule has 0 heterocycles. The molecule has 0 saturated heterocycles. The third kappa shape index (κ3) is 2.96. The summed E-state index contributed by atoms with van der Waals surface area (Å²) < 4.78 is 13.8. The van der Waals surface area contributed by atoms with Crippen molar-refractivity contribution >= 4 is 45.8 Å². The standard InChI is InChI=1S/C13H9Cl2FIN/c14-7-1-3-9(11(15)5-7)13(18)10-4-2-8(16)6-12(10)17/h1-6,13H,18H2. The Morgan fingerprint density at radius 2 is 1.72 bits per heavy atom. The van der Waals surface area contributed by atoms with Crippen LogP contribution in [0.5, 0.6) is 0 Å². The maximum Gasteiger partial charge on any atom is 0.124 e. The fourth-order valence-electron chi connectivity index (χ4n) is 1.67. The Morgan fingerprint density at radius 1 is 1.06 bits per heavy atom. The van der Waals surface area contributed by atoms with E-state index in [1.807, 2.05) is 0 Å². The molecule has 0 bridgehead atoms. The maximum absolute atomic E-state index is 13.1. The first kappa shape index (κ1) is 14.1. The van der Waals surface area contributed by atoms with Gasteiger partial charge in [0.1, 0.15) is 5.82 Å². The molecule has 2 aromatic rings. The minimum atomic E-state index is -0.401. The average Bonchev–Trinajstić information content (AvgIpc) is 2.28. The van der Waals surface area contributed by atoms with E-state index in [2.05, 4.69) is 22.6 Å². The molecule has 0 aliphatic heterocycles. The summed E-state index contributed by atoms with van der Waals surface area (Å²) in [6.45, 7) is 0. The molecule has 2 rings (SSSR count). The molecule has 0 amide bonds. The predicted octanol–water partition coefficient (Wildman–Crippen LogP) is 4.79. The summed E-state index contributed by atoms with van der Waals surface area (Å²) in [6, 6.07) is 9.28. The first-order chi connectivity index (χ1) is 8.49. The van der Waals surface area contributed by atoms with Crippen molar-refractivity contribution in [3.8, 4) is 0 Å². The Hall–Kier alpha value is -0.360. The molecule has 1 atom stereocenters. The third-order valence-electron chi connectivity index (χ3n) is 2.60. The van der Waals surface area contributed by atoms with Crippen LogP contribution in [0.3, 0.4) is 0 Å². The van der Waals surface area contributed by atoms with E-state index < -0.39 is 6.04 Å². The lowest BCUT2D eigenvalue weighted by molar-refractivity contribution is 0.625.